The van der Waals surface area contributed by atoms with Crippen LogP contribution < -0.4 is 10.6 Å². The highest BCUT2D eigenvalue weighted by atomic mass is 19.1. The van der Waals surface area contributed by atoms with Crippen LogP contribution >= 0.6 is 0 Å². The van der Waals surface area contributed by atoms with Crippen molar-refractivity contribution in [1.82, 2.24) is 0 Å². The number of rotatable bonds is 2. The molecule has 4 rings (SSSR count). The standard InChI is InChI=1S/C12H15FN2/c13-10-3-1-2-4-11(10)15-9-5-8(6-9)12(15)7-14/h1-4,8-9,12H,5-7,14H2. The van der Waals surface area contributed by atoms with Gasteiger partial charge in [0.2, 0.25) is 0 Å². The van der Waals surface area contributed by atoms with Gasteiger partial charge < -0.3 is 10.6 Å². The lowest BCUT2D eigenvalue weighted by molar-refractivity contribution is 0.354. The number of para-hydroxylation sites is 1. The van der Waals surface area contributed by atoms with Crippen LogP contribution in [0.5, 0.6) is 0 Å². The Labute approximate surface area is 88.9 Å². The third-order valence-corrected chi connectivity index (χ3v) is 3.82. The van der Waals surface area contributed by atoms with Crippen LogP contribution in [-0.2, 0) is 0 Å². The molecule has 0 radical (unpaired) electrons. The average Bonchev–Trinajstić information content (AvgIpc) is 2.70. The van der Waals surface area contributed by atoms with Gasteiger partial charge in [0.15, 0.2) is 0 Å². The van der Waals surface area contributed by atoms with Gasteiger partial charge in [-0.05, 0) is 30.9 Å². The van der Waals surface area contributed by atoms with Gasteiger partial charge >= 0.3 is 0 Å². The molecule has 0 amide bonds. The van der Waals surface area contributed by atoms with Crippen molar-refractivity contribution in [3.63, 3.8) is 0 Å². The number of hydrogen-bond donors (Lipinski definition) is 1. The number of hydrogen-bond acceptors (Lipinski definition) is 2. The van der Waals surface area contributed by atoms with Crippen molar-refractivity contribution in [2.75, 3.05) is 11.4 Å². The molecule has 15 heavy (non-hydrogen) atoms. The van der Waals surface area contributed by atoms with Gasteiger partial charge in [-0.15, -0.1) is 0 Å². The molecule has 1 aromatic carbocycles. The molecule has 2 saturated heterocycles. The molecule has 2 nitrogen and oxygen atoms in total. The summed E-state index contributed by atoms with van der Waals surface area (Å²) in [5.74, 6) is 0.572. The summed E-state index contributed by atoms with van der Waals surface area (Å²) in [7, 11) is 0. The van der Waals surface area contributed by atoms with E-state index in [0.717, 1.165) is 5.69 Å². The summed E-state index contributed by atoms with van der Waals surface area (Å²) in [6, 6.07) is 7.89. The lowest BCUT2D eigenvalue weighted by Gasteiger charge is -2.28. The summed E-state index contributed by atoms with van der Waals surface area (Å²) in [6.07, 6.45) is 2.38. The van der Waals surface area contributed by atoms with E-state index >= 15 is 0 Å². The second-order valence-electron chi connectivity index (χ2n) is 4.55. The first-order valence-electron chi connectivity index (χ1n) is 5.54. The fourth-order valence-electron chi connectivity index (χ4n) is 3.01. The summed E-state index contributed by atoms with van der Waals surface area (Å²) in [4.78, 5) is 2.19. The fraction of sp³-hybridized carbons (Fsp3) is 0.500. The zero-order chi connectivity index (χ0) is 10.4. The summed E-state index contributed by atoms with van der Waals surface area (Å²) < 4.78 is 13.7. The Bertz CT molecular complexity index is 374. The monoisotopic (exact) mass is 206 g/mol. The van der Waals surface area contributed by atoms with E-state index in [1.165, 1.54) is 18.9 Å². The van der Waals surface area contributed by atoms with Crippen LogP contribution in [0.15, 0.2) is 24.3 Å². The third kappa shape index (κ3) is 1.19. The first kappa shape index (κ1) is 9.16. The first-order chi connectivity index (χ1) is 7.31. The highest BCUT2D eigenvalue weighted by molar-refractivity contribution is 5.53. The minimum Gasteiger partial charge on any atom is -0.362 e. The molecular weight excluding hydrogens is 191 g/mol. The quantitative estimate of drug-likeness (QED) is 0.798. The first-order valence-corrected chi connectivity index (χ1v) is 5.54. The van der Waals surface area contributed by atoms with E-state index in [4.69, 9.17) is 5.73 Å². The molecule has 2 aliphatic heterocycles. The van der Waals surface area contributed by atoms with Gasteiger partial charge in [-0.2, -0.15) is 0 Å². The van der Waals surface area contributed by atoms with Crippen LogP contribution in [0.3, 0.4) is 0 Å². The summed E-state index contributed by atoms with van der Waals surface area (Å²) in [6.45, 7) is 0.634. The maximum absolute atomic E-state index is 13.7. The minimum atomic E-state index is -0.122. The topological polar surface area (TPSA) is 29.3 Å². The van der Waals surface area contributed by atoms with Crippen molar-refractivity contribution in [2.45, 2.75) is 24.9 Å². The molecule has 2 bridgehead atoms. The van der Waals surface area contributed by atoms with Crippen molar-refractivity contribution >= 4 is 5.69 Å². The zero-order valence-electron chi connectivity index (χ0n) is 8.57. The number of anilines is 1. The Morgan fingerprint density at radius 3 is 2.73 bits per heavy atom. The van der Waals surface area contributed by atoms with Crippen molar-refractivity contribution in [2.24, 2.45) is 11.7 Å². The Morgan fingerprint density at radius 1 is 1.33 bits per heavy atom. The Balaban J connectivity index is 1.97. The molecule has 1 atom stereocenters. The minimum absolute atomic E-state index is 0.122. The second kappa shape index (κ2) is 3.20. The molecule has 3 aliphatic rings. The summed E-state index contributed by atoms with van der Waals surface area (Å²) in [5.41, 5.74) is 6.50. The number of nitrogens with zero attached hydrogens (tertiary/aromatic N) is 1. The third-order valence-electron chi connectivity index (χ3n) is 3.82. The number of benzene rings is 1. The Kier molecular flexibility index (Phi) is 1.96. The largest absolute Gasteiger partial charge is 0.362 e. The molecule has 3 fully saturated rings. The number of halogens is 1. The molecule has 3 heteroatoms. The molecule has 2 N–H and O–H groups in total. The molecule has 80 valence electrons. The molecule has 1 aromatic rings. The normalized spacial score (nSPS) is 32.9. The lowest BCUT2D eigenvalue weighted by atomic mass is 9.83. The van der Waals surface area contributed by atoms with E-state index in [-0.39, 0.29) is 5.82 Å². The molecule has 1 saturated carbocycles. The maximum atomic E-state index is 13.7. The molecule has 0 aromatic heterocycles. The Hall–Kier alpha value is -1.09. The van der Waals surface area contributed by atoms with Gasteiger partial charge in [0.25, 0.3) is 0 Å². The predicted molar refractivity (Wildman–Crippen MR) is 58.2 cm³/mol. The molecule has 0 spiro atoms. The van der Waals surface area contributed by atoms with Crippen molar-refractivity contribution in [1.29, 1.82) is 0 Å². The maximum Gasteiger partial charge on any atom is 0.146 e. The average molecular weight is 206 g/mol. The van der Waals surface area contributed by atoms with Crippen molar-refractivity contribution < 1.29 is 4.39 Å². The van der Waals surface area contributed by atoms with Gasteiger partial charge in [0, 0.05) is 18.6 Å². The van der Waals surface area contributed by atoms with E-state index < -0.39 is 0 Å². The smallest absolute Gasteiger partial charge is 0.146 e. The SMILES string of the molecule is NCC1C2CC(C2)N1c1ccccc1F. The van der Waals surface area contributed by atoms with Gasteiger partial charge in [-0.1, -0.05) is 12.1 Å². The van der Waals surface area contributed by atoms with Crippen molar-refractivity contribution in [3.8, 4) is 0 Å². The Morgan fingerprint density at radius 2 is 2.07 bits per heavy atom. The highest BCUT2D eigenvalue weighted by Gasteiger charge is 2.50. The fourth-order valence-corrected chi connectivity index (χ4v) is 3.01. The van der Waals surface area contributed by atoms with Gasteiger partial charge in [0.05, 0.1) is 5.69 Å². The van der Waals surface area contributed by atoms with Crippen LogP contribution in [0.1, 0.15) is 12.8 Å². The lowest BCUT2D eigenvalue weighted by Crippen LogP contribution is -2.36. The van der Waals surface area contributed by atoms with Gasteiger partial charge in [0.1, 0.15) is 5.82 Å². The molecule has 1 aliphatic carbocycles. The van der Waals surface area contributed by atoms with E-state index in [1.54, 1.807) is 6.07 Å². The highest BCUT2D eigenvalue weighted by Crippen LogP contribution is 2.48. The second-order valence-corrected chi connectivity index (χ2v) is 4.55. The van der Waals surface area contributed by atoms with E-state index in [9.17, 15) is 4.39 Å². The zero-order valence-corrected chi connectivity index (χ0v) is 8.57. The van der Waals surface area contributed by atoms with Gasteiger partial charge in [-0.3, -0.25) is 0 Å². The van der Waals surface area contributed by atoms with E-state index in [0.29, 0.717) is 24.5 Å². The van der Waals surface area contributed by atoms with Crippen LogP contribution in [-0.4, -0.2) is 18.6 Å². The van der Waals surface area contributed by atoms with Crippen LogP contribution in [0.25, 0.3) is 0 Å². The van der Waals surface area contributed by atoms with E-state index in [2.05, 4.69) is 4.90 Å². The van der Waals surface area contributed by atoms with Crippen LogP contribution in [0, 0.1) is 11.7 Å². The number of fused-ring (bicyclic) bond motifs is 1. The summed E-state index contributed by atoms with van der Waals surface area (Å²) >= 11 is 0. The summed E-state index contributed by atoms with van der Waals surface area (Å²) in [5, 5.41) is 0. The molecular formula is C12H15FN2. The molecule has 2 heterocycles. The van der Waals surface area contributed by atoms with Gasteiger partial charge in [-0.25, -0.2) is 4.39 Å². The number of nitrogens with two attached hydrogens (primary N) is 1. The molecule has 1 unspecified atom stereocenters. The van der Waals surface area contributed by atoms with Crippen LogP contribution in [0.2, 0.25) is 0 Å². The van der Waals surface area contributed by atoms with Crippen LogP contribution in [0.4, 0.5) is 10.1 Å². The predicted octanol–water partition coefficient (Wildman–Crippen LogP) is 1.75. The van der Waals surface area contributed by atoms with Crippen molar-refractivity contribution in [3.05, 3.63) is 30.1 Å². The van der Waals surface area contributed by atoms with E-state index in [1.807, 2.05) is 12.1 Å².